The predicted octanol–water partition coefficient (Wildman–Crippen LogP) is 3.31. The van der Waals surface area contributed by atoms with E-state index in [0.29, 0.717) is 0 Å². The zero-order valence-electron chi connectivity index (χ0n) is 11.6. The van der Waals surface area contributed by atoms with Gasteiger partial charge in [0.05, 0.1) is 17.6 Å². The number of benzene rings is 1. The van der Waals surface area contributed by atoms with Crippen LogP contribution in [0.15, 0.2) is 24.4 Å². The minimum atomic E-state index is -0.931. The Bertz CT molecular complexity index is 607. The van der Waals surface area contributed by atoms with Crippen molar-refractivity contribution in [2.24, 2.45) is 0 Å². The third-order valence-corrected chi connectivity index (χ3v) is 3.03. The Hall–Kier alpha value is -2.10. The van der Waals surface area contributed by atoms with E-state index in [1.54, 1.807) is 4.68 Å². The fraction of sp³-hybridized carbons (Fsp3) is 0.333. The number of aromatic nitrogens is 2. The van der Waals surface area contributed by atoms with Crippen LogP contribution < -0.4 is 0 Å². The average molecular weight is 258 g/mol. The SMILES string of the molecule is Cc1cc(C)cc(-n2ncc(C(=O)O)c2C(C)C)c1. The predicted molar refractivity (Wildman–Crippen MR) is 74.1 cm³/mol. The number of aryl methyl sites for hydroxylation is 2. The van der Waals surface area contributed by atoms with E-state index in [2.05, 4.69) is 11.2 Å². The lowest BCUT2D eigenvalue weighted by molar-refractivity contribution is 0.0695. The molecular weight excluding hydrogens is 240 g/mol. The van der Waals surface area contributed by atoms with Crippen LogP contribution in [-0.4, -0.2) is 20.9 Å². The zero-order valence-corrected chi connectivity index (χ0v) is 11.6. The van der Waals surface area contributed by atoms with Gasteiger partial charge in [0.2, 0.25) is 0 Å². The number of aromatic carboxylic acids is 1. The number of carbonyl (C=O) groups is 1. The first-order valence-electron chi connectivity index (χ1n) is 6.30. The summed E-state index contributed by atoms with van der Waals surface area (Å²) in [4.78, 5) is 11.3. The summed E-state index contributed by atoms with van der Waals surface area (Å²) in [5.74, 6) is -0.839. The minimum absolute atomic E-state index is 0.0921. The minimum Gasteiger partial charge on any atom is -0.478 e. The van der Waals surface area contributed by atoms with Crippen molar-refractivity contribution in [3.8, 4) is 5.69 Å². The van der Waals surface area contributed by atoms with Crippen LogP contribution in [0.1, 0.15) is 46.9 Å². The van der Waals surface area contributed by atoms with Crippen molar-refractivity contribution >= 4 is 5.97 Å². The molecule has 1 N–H and O–H groups in total. The van der Waals surface area contributed by atoms with Crippen LogP contribution in [0.3, 0.4) is 0 Å². The van der Waals surface area contributed by atoms with Gasteiger partial charge >= 0.3 is 5.97 Å². The lowest BCUT2D eigenvalue weighted by atomic mass is 10.1. The molecule has 2 aromatic rings. The molecule has 4 heteroatoms. The highest BCUT2D eigenvalue weighted by atomic mass is 16.4. The van der Waals surface area contributed by atoms with Crippen LogP contribution in [-0.2, 0) is 0 Å². The lowest BCUT2D eigenvalue weighted by Crippen LogP contribution is -2.08. The van der Waals surface area contributed by atoms with Gasteiger partial charge in [-0.2, -0.15) is 5.10 Å². The molecule has 0 aliphatic carbocycles. The molecule has 0 spiro atoms. The molecule has 2 rings (SSSR count). The molecule has 0 aliphatic heterocycles. The highest BCUT2D eigenvalue weighted by Gasteiger charge is 2.20. The summed E-state index contributed by atoms with van der Waals surface area (Å²) in [5, 5.41) is 13.5. The smallest absolute Gasteiger partial charge is 0.339 e. The summed E-state index contributed by atoms with van der Waals surface area (Å²) in [6, 6.07) is 6.11. The summed E-state index contributed by atoms with van der Waals surface area (Å²) < 4.78 is 1.73. The number of nitrogens with zero attached hydrogens (tertiary/aromatic N) is 2. The van der Waals surface area contributed by atoms with E-state index in [-0.39, 0.29) is 11.5 Å². The molecule has 0 amide bonds. The zero-order chi connectivity index (χ0) is 14.2. The molecule has 1 heterocycles. The Morgan fingerprint density at radius 3 is 2.26 bits per heavy atom. The largest absolute Gasteiger partial charge is 0.478 e. The van der Waals surface area contributed by atoms with Gasteiger partial charge < -0.3 is 5.11 Å². The van der Waals surface area contributed by atoms with Crippen LogP contribution in [0, 0.1) is 13.8 Å². The van der Waals surface area contributed by atoms with Crippen LogP contribution >= 0.6 is 0 Å². The molecule has 0 saturated carbocycles. The van der Waals surface area contributed by atoms with Gasteiger partial charge in [0.15, 0.2) is 0 Å². The topological polar surface area (TPSA) is 55.1 Å². The van der Waals surface area contributed by atoms with Crippen molar-refractivity contribution < 1.29 is 9.90 Å². The van der Waals surface area contributed by atoms with E-state index in [1.165, 1.54) is 6.20 Å². The molecule has 0 fully saturated rings. The van der Waals surface area contributed by atoms with Crippen molar-refractivity contribution in [1.29, 1.82) is 0 Å². The van der Waals surface area contributed by atoms with E-state index in [0.717, 1.165) is 22.5 Å². The Kier molecular flexibility index (Phi) is 3.42. The first kappa shape index (κ1) is 13.3. The second kappa shape index (κ2) is 4.88. The quantitative estimate of drug-likeness (QED) is 0.918. The van der Waals surface area contributed by atoms with Gasteiger partial charge in [-0.05, 0) is 43.0 Å². The van der Waals surface area contributed by atoms with E-state index in [9.17, 15) is 9.90 Å². The second-order valence-corrected chi connectivity index (χ2v) is 5.16. The van der Waals surface area contributed by atoms with Crippen LogP contribution in [0.5, 0.6) is 0 Å². The molecular formula is C15H18N2O2. The maximum atomic E-state index is 11.3. The Balaban J connectivity index is 2.65. The van der Waals surface area contributed by atoms with Gasteiger partial charge in [-0.25, -0.2) is 9.48 Å². The van der Waals surface area contributed by atoms with Crippen molar-refractivity contribution in [2.75, 3.05) is 0 Å². The van der Waals surface area contributed by atoms with E-state index < -0.39 is 5.97 Å². The molecule has 1 aromatic heterocycles. The molecule has 100 valence electrons. The van der Waals surface area contributed by atoms with Crippen molar-refractivity contribution in [3.63, 3.8) is 0 Å². The lowest BCUT2D eigenvalue weighted by Gasteiger charge is -2.12. The Labute approximate surface area is 112 Å². The van der Waals surface area contributed by atoms with Crippen LogP contribution in [0.2, 0.25) is 0 Å². The van der Waals surface area contributed by atoms with Gasteiger partial charge in [0, 0.05) is 0 Å². The first-order valence-corrected chi connectivity index (χ1v) is 6.30. The third-order valence-electron chi connectivity index (χ3n) is 3.03. The highest BCUT2D eigenvalue weighted by molar-refractivity contribution is 5.89. The average Bonchev–Trinajstić information content (AvgIpc) is 2.71. The summed E-state index contributed by atoms with van der Waals surface area (Å²) in [6.07, 6.45) is 1.43. The maximum Gasteiger partial charge on any atom is 0.339 e. The van der Waals surface area contributed by atoms with Crippen molar-refractivity contribution in [2.45, 2.75) is 33.6 Å². The second-order valence-electron chi connectivity index (χ2n) is 5.16. The van der Waals surface area contributed by atoms with E-state index >= 15 is 0 Å². The summed E-state index contributed by atoms with van der Waals surface area (Å²) in [5.41, 5.74) is 4.19. The molecule has 0 unspecified atom stereocenters. The molecule has 0 atom stereocenters. The fourth-order valence-electron chi connectivity index (χ4n) is 2.36. The molecule has 1 aromatic carbocycles. The van der Waals surface area contributed by atoms with E-state index in [1.807, 2.05) is 39.8 Å². The fourth-order valence-corrected chi connectivity index (χ4v) is 2.36. The summed E-state index contributed by atoms with van der Waals surface area (Å²) in [6.45, 7) is 7.99. The molecule has 19 heavy (non-hydrogen) atoms. The summed E-state index contributed by atoms with van der Waals surface area (Å²) >= 11 is 0. The Morgan fingerprint density at radius 2 is 1.79 bits per heavy atom. The molecule has 0 radical (unpaired) electrons. The van der Waals surface area contributed by atoms with Crippen LogP contribution in [0.25, 0.3) is 5.69 Å². The van der Waals surface area contributed by atoms with Crippen molar-refractivity contribution in [1.82, 2.24) is 9.78 Å². The number of rotatable bonds is 3. The standard InChI is InChI=1S/C15H18N2O2/c1-9(2)14-13(15(18)19)8-16-17(14)12-6-10(3)5-11(4)7-12/h5-9H,1-4H3,(H,18,19). The van der Waals surface area contributed by atoms with Crippen LogP contribution in [0.4, 0.5) is 0 Å². The number of hydrogen-bond donors (Lipinski definition) is 1. The maximum absolute atomic E-state index is 11.3. The number of carboxylic acid groups (broad SMARTS) is 1. The van der Waals surface area contributed by atoms with Gasteiger partial charge in [0.25, 0.3) is 0 Å². The molecule has 0 bridgehead atoms. The first-order chi connectivity index (χ1) is 8.90. The van der Waals surface area contributed by atoms with Gasteiger partial charge in [0.1, 0.15) is 5.56 Å². The van der Waals surface area contributed by atoms with Gasteiger partial charge in [-0.3, -0.25) is 0 Å². The monoisotopic (exact) mass is 258 g/mol. The van der Waals surface area contributed by atoms with E-state index in [4.69, 9.17) is 0 Å². The number of carboxylic acids is 1. The molecule has 4 nitrogen and oxygen atoms in total. The Morgan fingerprint density at radius 1 is 1.21 bits per heavy atom. The van der Waals surface area contributed by atoms with Crippen molar-refractivity contribution in [3.05, 3.63) is 46.8 Å². The van der Waals surface area contributed by atoms with Gasteiger partial charge in [-0.1, -0.05) is 19.9 Å². The highest BCUT2D eigenvalue weighted by Crippen LogP contribution is 2.24. The van der Waals surface area contributed by atoms with Gasteiger partial charge in [-0.15, -0.1) is 0 Å². The third kappa shape index (κ3) is 2.52. The normalized spacial score (nSPS) is 11.0. The summed E-state index contributed by atoms with van der Waals surface area (Å²) in [7, 11) is 0. The molecule has 0 saturated heterocycles. The molecule has 0 aliphatic rings. The number of hydrogen-bond acceptors (Lipinski definition) is 2.